The van der Waals surface area contributed by atoms with Crippen molar-refractivity contribution in [2.45, 2.75) is 31.2 Å². The lowest BCUT2D eigenvalue weighted by Gasteiger charge is -2.11. The van der Waals surface area contributed by atoms with Gasteiger partial charge in [0.15, 0.2) is 0 Å². The number of nitrogens with one attached hydrogen (secondary N) is 2. The van der Waals surface area contributed by atoms with Crippen LogP contribution in [-0.4, -0.2) is 26.3 Å². The third-order valence-corrected chi connectivity index (χ3v) is 5.12. The zero-order valence-electron chi connectivity index (χ0n) is 14.5. The van der Waals surface area contributed by atoms with E-state index in [-0.39, 0.29) is 17.4 Å². The molecule has 8 heteroatoms. The first-order valence-electron chi connectivity index (χ1n) is 7.99. The van der Waals surface area contributed by atoms with Gasteiger partial charge in [-0.3, -0.25) is 9.59 Å². The largest absolute Gasteiger partial charge is 0.369 e. The Morgan fingerprint density at radius 2 is 1.65 bits per heavy atom. The van der Waals surface area contributed by atoms with Gasteiger partial charge in [-0.05, 0) is 49.7 Å². The second kappa shape index (κ2) is 8.11. The number of carbonyl (C=O) groups is 2. The SMILES string of the molecule is CC(C)NS(=O)(=O)c1ccc(C(=O)Nc2ccccc2CC(N)=O)cc1. The van der Waals surface area contributed by atoms with E-state index in [0.29, 0.717) is 16.8 Å². The first-order valence-corrected chi connectivity index (χ1v) is 9.47. The second-order valence-corrected chi connectivity index (χ2v) is 7.77. The molecule has 138 valence electrons. The van der Waals surface area contributed by atoms with Gasteiger partial charge in [0.1, 0.15) is 0 Å². The molecule has 26 heavy (non-hydrogen) atoms. The molecule has 0 aliphatic heterocycles. The van der Waals surface area contributed by atoms with E-state index >= 15 is 0 Å². The number of amides is 2. The van der Waals surface area contributed by atoms with Gasteiger partial charge >= 0.3 is 0 Å². The van der Waals surface area contributed by atoms with E-state index in [0.717, 1.165) is 0 Å². The summed E-state index contributed by atoms with van der Waals surface area (Å²) < 4.78 is 26.7. The minimum atomic E-state index is -3.61. The minimum absolute atomic E-state index is 0.00844. The summed E-state index contributed by atoms with van der Waals surface area (Å²) in [6, 6.07) is 12.2. The van der Waals surface area contributed by atoms with Crippen LogP contribution in [0.25, 0.3) is 0 Å². The molecule has 7 nitrogen and oxygen atoms in total. The fraction of sp³-hybridized carbons (Fsp3) is 0.222. The van der Waals surface area contributed by atoms with Gasteiger partial charge in [0, 0.05) is 17.3 Å². The van der Waals surface area contributed by atoms with Crippen molar-refractivity contribution in [3.8, 4) is 0 Å². The highest BCUT2D eigenvalue weighted by Gasteiger charge is 2.16. The number of nitrogens with two attached hydrogens (primary N) is 1. The van der Waals surface area contributed by atoms with Gasteiger partial charge in [0.2, 0.25) is 15.9 Å². The van der Waals surface area contributed by atoms with Gasteiger partial charge in [0.25, 0.3) is 5.91 Å². The molecule has 4 N–H and O–H groups in total. The van der Waals surface area contributed by atoms with Crippen LogP contribution in [0.4, 0.5) is 5.69 Å². The summed E-state index contributed by atoms with van der Waals surface area (Å²) in [5.41, 5.74) is 6.59. The summed E-state index contributed by atoms with van der Waals surface area (Å²) in [6.45, 7) is 3.45. The van der Waals surface area contributed by atoms with Crippen LogP contribution in [0.15, 0.2) is 53.4 Å². The first-order chi connectivity index (χ1) is 12.2. The van der Waals surface area contributed by atoms with Crippen LogP contribution >= 0.6 is 0 Å². The monoisotopic (exact) mass is 375 g/mol. The fourth-order valence-electron chi connectivity index (χ4n) is 2.34. The third kappa shape index (κ3) is 5.14. The maximum absolute atomic E-state index is 12.4. The molecule has 0 aliphatic carbocycles. The van der Waals surface area contributed by atoms with Crippen LogP contribution in [0.5, 0.6) is 0 Å². The number of para-hydroxylation sites is 1. The van der Waals surface area contributed by atoms with Crippen LogP contribution in [0.2, 0.25) is 0 Å². The van der Waals surface area contributed by atoms with Crippen molar-refractivity contribution in [1.29, 1.82) is 0 Å². The maximum atomic E-state index is 12.4. The maximum Gasteiger partial charge on any atom is 0.255 e. The van der Waals surface area contributed by atoms with E-state index in [2.05, 4.69) is 10.0 Å². The third-order valence-electron chi connectivity index (χ3n) is 3.45. The van der Waals surface area contributed by atoms with E-state index in [1.54, 1.807) is 38.1 Å². The van der Waals surface area contributed by atoms with Crippen molar-refractivity contribution < 1.29 is 18.0 Å². The minimum Gasteiger partial charge on any atom is -0.369 e. The van der Waals surface area contributed by atoms with Crippen molar-refractivity contribution in [1.82, 2.24) is 4.72 Å². The molecule has 0 spiro atoms. The highest BCUT2D eigenvalue weighted by atomic mass is 32.2. The lowest BCUT2D eigenvalue weighted by Crippen LogP contribution is -2.30. The normalized spacial score (nSPS) is 11.3. The Hall–Kier alpha value is -2.71. The molecule has 0 radical (unpaired) electrons. The molecule has 0 fully saturated rings. The molecule has 0 unspecified atom stereocenters. The van der Waals surface area contributed by atoms with E-state index < -0.39 is 21.8 Å². The Morgan fingerprint density at radius 1 is 1.04 bits per heavy atom. The molecule has 0 atom stereocenters. The van der Waals surface area contributed by atoms with Gasteiger partial charge in [-0.1, -0.05) is 18.2 Å². The van der Waals surface area contributed by atoms with Gasteiger partial charge < -0.3 is 11.1 Å². The lowest BCUT2D eigenvalue weighted by atomic mass is 10.1. The molecule has 0 aliphatic rings. The van der Waals surface area contributed by atoms with E-state index in [1.165, 1.54) is 24.3 Å². The van der Waals surface area contributed by atoms with Crippen LogP contribution < -0.4 is 15.8 Å². The molecular formula is C18H21N3O4S. The molecule has 2 aromatic carbocycles. The quantitative estimate of drug-likeness (QED) is 0.682. The summed E-state index contributed by atoms with van der Waals surface area (Å²) in [5, 5.41) is 2.71. The summed E-state index contributed by atoms with van der Waals surface area (Å²) in [4.78, 5) is 23.6. The van der Waals surface area contributed by atoms with Crippen molar-refractivity contribution >= 4 is 27.5 Å². The average Bonchev–Trinajstić information content (AvgIpc) is 2.55. The molecule has 0 heterocycles. The Morgan fingerprint density at radius 3 is 2.23 bits per heavy atom. The van der Waals surface area contributed by atoms with Gasteiger partial charge in [-0.2, -0.15) is 0 Å². The zero-order valence-corrected chi connectivity index (χ0v) is 15.3. The Labute approximate surface area is 152 Å². The van der Waals surface area contributed by atoms with E-state index in [9.17, 15) is 18.0 Å². The second-order valence-electron chi connectivity index (χ2n) is 6.05. The van der Waals surface area contributed by atoms with Crippen LogP contribution in [-0.2, 0) is 21.2 Å². The summed E-state index contributed by atoms with van der Waals surface area (Å²) in [7, 11) is -3.61. The van der Waals surface area contributed by atoms with Crippen LogP contribution in [0, 0.1) is 0 Å². The van der Waals surface area contributed by atoms with Crippen LogP contribution in [0.1, 0.15) is 29.8 Å². The Kier molecular flexibility index (Phi) is 6.12. The predicted molar refractivity (Wildman–Crippen MR) is 99.2 cm³/mol. The molecule has 2 amide bonds. The number of hydrogen-bond acceptors (Lipinski definition) is 4. The molecule has 0 saturated carbocycles. The summed E-state index contributed by atoms with van der Waals surface area (Å²) >= 11 is 0. The molecule has 0 aromatic heterocycles. The molecule has 0 bridgehead atoms. The average molecular weight is 375 g/mol. The van der Waals surface area contributed by atoms with Gasteiger partial charge in [-0.25, -0.2) is 13.1 Å². The standard InChI is InChI=1S/C18H21N3O4S/c1-12(2)21-26(24,25)15-9-7-13(8-10-15)18(23)20-16-6-4-3-5-14(16)11-17(19)22/h3-10,12,21H,11H2,1-2H3,(H2,19,22)(H,20,23). The summed E-state index contributed by atoms with van der Waals surface area (Å²) in [5.74, 6) is -0.915. The molecular weight excluding hydrogens is 354 g/mol. The predicted octanol–water partition coefficient (Wildman–Crippen LogP) is 1.65. The smallest absolute Gasteiger partial charge is 0.255 e. The number of carbonyl (C=O) groups excluding carboxylic acids is 2. The number of sulfonamides is 1. The zero-order chi connectivity index (χ0) is 19.3. The van der Waals surface area contributed by atoms with Crippen LogP contribution in [0.3, 0.4) is 0 Å². The number of rotatable bonds is 7. The van der Waals surface area contributed by atoms with Crippen molar-refractivity contribution in [3.05, 3.63) is 59.7 Å². The van der Waals surface area contributed by atoms with Crippen molar-refractivity contribution in [2.24, 2.45) is 5.73 Å². The number of primary amides is 1. The van der Waals surface area contributed by atoms with Crippen molar-refractivity contribution in [2.75, 3.05) is 5.32 Å². The van der Waals surface area contributed by atoms with Gasteiger partial charge in [-0.15, -0.1) is 0 Å². The first kappa shape index (κ1) is 19.6. The summed E-state index contributed by atoms with van der Waals surface area (Å²) in [6.07, 6.45) is 0.00844. The van der Waals surface area contributed by atoms with E-state index in [1.807, 2.05) is 0 Å². The highest BCUT2D eigenvalue weighted by molar-refractivity contribution is 7.89. The molecule has 0 saturated heterocycles. The highest BCUT2D eigenvalue weighted by Crippen LogP contribution is 2.18. The van der Waals surface area contributed by atoms with E-state index in [4.69, 9.17) is 5.73 Å². The molecule has 2 aromatic rings. The topological polar surface area (TPSA) is 118 Å². The molecule has 2 rings (SSSR count). The van der Waals surface area contributed by atoms with Gasteiger partial charge in [0.05, 0.1) is 11.3 Å². The number of hydrogen-bond donors (Lipinski definition) is 3. The Balaban J connectivity index is 2.18. The number of anilines is 1. The fourth-order valence-corrected chi connectivity index (χ4v) is 3.59. The Bertz CT molecular complexity index is 906. The number of benzene rings is 2. The van der Waals surface area contributed by atoms with Crippen molar-refractivity contribution in [3.63, 3.8) is 0 Å². The lowest BCUT2D eigenvalue weighted by molar-refractivity contribution is -0.117.